The van der Waals surface area contributed by atoms with Crippen molar-refractivity contribution in [3.63, 3.8) is 0 Å². The van der Waals surface area contributed by atoms with E-state index in [0.717, 1.165) is 4.47 Å². The highest BCUT2D eigenvalue weighted by Crippen LogP contribution is 2.34. The van der Waals surface area contributed by atoms with E-state index in [-0.39, 0.29) is 24.8 Å². The molecule has 0 aliphatic carbocycles. The molecule has 1 amide bonds. The molecule has 4 nitrogen and oxygen atoms in total. The first kappa shape index (κ1) is 12.1. The number of rotatable bonds is 3. The van der Waals surface area contributed by atoms with Crippen molar-refractivity contribution in [2.45, 2.75) is 13.3 Å². The second kappa shape index (κ2) is 4.87. The zero-order chi connectivity index (χ0) is 12.4. The molecule has 1 aliphatic rings. The normalized spacial score (nSPS) is 14.2. The lowest BCUT2D eigenvalue weighted by Gasteiger charge is -2.28. The summed E-state index contributed by atoms with van der Waals surface area (Å²) < 4.78 is 6.16. The molecular formula is C12H12BrNO3. The third-order valence-corrected chi connectivity index (χ3v) is 3.09. The van der Waals surface area contributed by atoms with E-state index in [0.29, 0.717) is 17.9 Å². The lowest BCUT2D eigenvalue weighted by Crippen LogP contribution is -2.41. The summed E-state index contributed by atoms with van der Waals surface area (Å²) >= 11 is 3.34. The maximum Gasteiger partial charge on any atom is 0.265 e. The minimum atomic E-state index is -0.183. The number of hydrogen-bond acceptors (Lipinski definition) is 3. The van der Waals surface area contributed by atoms with E-state index >= 15 is 0 Å². The molecule has 2 rings (SSSR count). The van der Waals surface area contributed by atoms with Crippen molar-refractivity contribution in [2.75, 3.05) is 18.1 Å². The van der Waals surface area contributed by atoms with Gasteiger partial charge < -0.3 is 4.74 Å². The van der Waals surface area contributed by atoms with E-state index in [1.54, 1.807) is 19.1 Å². The fraction of sp³-hybridized carbons (Fsp3) is 0.333. The molecule has 1 aliphatic heterocycles. The molecule has 0 saturated carbocycles. The molecule has 0 spiro atoms. The monoisotopic (exact) mass is 297 g/mol. The van der Waals surface area contributed by atoms with E-state index in [1.165, 1.54) is 4.90 Å². The van der Waals surface area contributed by atoms with E-state index in [2.05, 4.69) is 15.9 Å². The quantitative estimate of drug-likeness (QED) is 0.859. The van der Waals surface area contributed by atoms with Crippen molar-refractivity contribution in [1.29, 1.82) is 0 Å². The molecule has 0 N–H and O–H groups in total. The van der Waals surface area contributed by atoms with Crippen LogP contribution in [-0.4, -0.2) is 24.8 Å². The topological polar surface area (TPSA) is 46.6 Å². The van der Waals surface area contributed by atoms with Gasteiger partial charge in [0.1, 0.15) is 5.75 Å². The van der Waals surface area contributed by atoms with Crippen LogP contribution in [0.1, 0.15) is 13.3 Å². The summed E-state index contributed by atoms with van der Waals surface area (Å²) in [4.78, 5) is 24.7. The number of halogens is 1. The number of amides is 1. The molecule has 0 aromatic heterocycles. The Bertz CT molecular complexity index is 473. The van der Waals surface area contributed by atoms with Crippen molar-refractivity contribution in [3.05, 3.63) is 22.7 Å². The molecule has 5 heteroatoms. The van der Waals surface area contributed by atoms with E-state index < -0.39 is 0 Å². The zero-order valence-electron chi connectivity index (χ0n) is 9.40. The van der Waals surface area contributed by atoms with Gasteiger partial charge in [-0.05, 0) is 18.2 Å². The lowest BCUT2D eigenvalue weighted by molar-refractivity contribution is -0.124. The molecule has 0 fully saturated rings. The Balaban J connectivity index is 2.35. The summed E-state index contributed by atoms with van der Waals surface area (Å²) in [5.74, 6) is 0.486. The van der Waals surface area contributed by atoms with Gasteiger partial charge in [0.2, 0.25) is 0 Å². The Labute approximate surface area is 108 Å². The molecule has 0 saturated heterocycles. The molecule has 17 heavy (non-hydrogen) atoms. The number of fused-ring (bicyclic) bond motifs is 1. The van der Waals surface area contributed by atoms with E-state index in [4.69, 9.17) is 4.74 Å². The predicted molar refractivity (Wildman–Crippen MR) is 67.3 cm³/mol. The van der Waals surface area contributed by atoms with Gasteiger partial charge in [-0.25, -0.2) is 0 Å². The highest BCUT2D eigenvalue weighted by molar-refractivity contribution is 9.10. The average molecular weight is 298 g/mol. The largest absolute Gasteiger partial charge is 0.482 e. The standard InChI is InChI=1S/C12H12BrNO3/c1-2-9(15)6-14-10-5-8(13)3-4-11(10)17-7-12(14)16/h3-5H,2,6-7H2,1H3. The SMILES string of the molecule is CCC(=O)CN1C(=O)COc2ccc(Br)cc21. The van der Waals surface area contributed by atoms with Gasteiger partial charge in [0.05, 0.1) is 12.2 Å². The van der Waals surface area contributed by atoms with Gasteiger partial charge in [0.15, 0.2) is 12.4 Å². The zero-order valence-corrected chi connectivity index (χ0v) is 11.0. The smallest absolute Gasteiger partial charge is 0.265 e. The predicted octanol–water partition coefficient (Wildman–Crippen LogP) is 2.15. The first-order valence-electron chi connectivity index (χ1n) is 5.36. The van der Waals surface area contributed by atoms with E-state index in [1.807, 2.05) is 6.07 Å². The molecule has 0 unspecified atom stereocenters. The number of anilines is 1. The van der Waals surface area contributed by atoms with Gasteiger partial charge in [-0.15, -0.1) is 0 Å². The van der Waals surface area contributed by atoms with Crippen LogP contribution in [0.25, 0.3) is 0 Å². The van der Waals surface area contributed by atoms with Crippen LogP contribution in [0.15, 0.2) is 22.7 Å². The van der Waals surface area contributed by atoms with Crippen LogP contribution in [0.3, 0.4) is 0 Å². The summed E-state index contributed by atoms with van der Waals surface area (Å²) in [5, 5.41) is 0. The number of ether oxygens (including phenoxy) is 1. The second-order valence-corrected chi connectivity index (χ2v) is 4.69. The van der Waals surface area contributed by atoms with Crippen molar-refractivity contribution in [1.82, 2.24) is 0 Å². The van der Waals surface area contributed by atoms with Gasteiger partial charge in [-0.2, -0.15) is 0 Å². The maximum absolute atomic E-state index is 11.8. The number of carbonyl (C=O) groups excluding carboxylic acids is 2. The summed E-state index contributed by atoms with van der Waals surface area (Å²) in [7, 11) is 0. The van der Waals surface area contributed by atoms with Crippen LogP contribution in [-0.2, 0) is 9.59 Å². The third kappa shape index (κ3) is 2.49. The Kier molecular flexibility index (Phi) is 3.47. The van der Waals surface area contributed by atoms with Crippen LogP contribution >= 0.6 is 15.9 Å². The third-order valence-electron chi connectivity index (χ3n) is 2.59. The number of Topliss-reactive ketones (excluding diaryl/α,β-unsaturated/α-hetero) is 1. The van der Waals surface area contributed by atoms with Crippen molar-refractivity contribution < 1.29 is 14.3 Å². The molecule has 1 aromatic rings. The summed E-state index contributed by atoms with van der Waals surface area (Å²) in [6.07, 6.45) is 0.425. The van der Waals surface area contributed by atoms with Crippen molar-refractivity contribution >= 4 is 33.3 Å². The molecular weight excluding hydrogens is 286 g/mol. The Hall–Kier alpha value is -1.36. The van der Waals surface area contributed by atoms with Crippen LogP contribution in [0.4, 0.5) is 5.69 Å². The Morgan fingerprint density at radius 2 is 2.29 bits per heavy atom. The molecule has 0 radical (unpaired) electrons. The van der Waals surface area contributed by atoms with Gasteiger partial charge in [-0.1, -0.05) is 22.9 Å². The molecule has 1 aromatic carbocycles. The average Bonchev–Trinajstić information content (AvgIpc) is 2.32. The Morgan fingerprint density at radius 1 is 1.53 bits per heavy atom. The summed E-state index contributed by atoms with van der Waals surface area (Å²) in [5.41, 5.74) is 0.650. The maximum atomic E-state index is 11.8. The fourth-order valence-electron chi connectivity index (χ4n) is 1.64. The second-order valence-electron chi connectivity index (χ2n) is 3.77. The summed E-state index contributed by atoms with van der Waals surface area (Å²) in [6, 6.07) is 5.42. The number of nitrogens with zero attached hydrogens (tertiary/aromatic N) is 1. The Morgan fingerprint density at radius 3 is 3.00 bits per heavy atom. The molecule has 1 heterocycles. The molecule has 0 atom stereocenters. The molecule has 0 bridgehead atoms. The van der Waals surface area contributed by atoms with Crippen LogP contribution in [0, 0.1) is 0 Å². The first-order valence-corrected chi connectivity index (χ1v) is 6.15. The lowest BCUT2D eigenvalue weighted by atomic mass is 10.2. The number of carbonyl (C=O) groups is 2. The minimum absolute atomic E-state index is 0.00831. The number of hydrogen-bond donors (Lipinski definition) is 0. The van der Waals surface area contributed by atoms with Gasteiger partial charge in [-0.3, -0.25) is 14.5 Å². The number of benzene rings is 1. The first-order chi connectivity index (χ1) is 8.11. The van der Waals surface area contributed by atoms with Gasteiger partial charge in [0.25, 0.3) is 5.91 Å². The van der Waals surface area contributed by atoms with Crippen LogP contribution in [0.5, 0.6) is 5.75 Å². The molecule has 90 valence electrons. The van der Waals surface area contributed by atoms with Crippen molar-refractivity contribution in [2.24, 2.45) is 0 Å². The summed E-state index contributed by atoms with van der Waals surface area (Å²) in [6.45, 7) is 1.89. The fourth-order valence-corrected chi connectivity index (χ4v) is 1.99. The highest BCUT2D eigenvalue weighted by Gasteiger charge is 2.26. The van der Waals surface area contributed by atoms with Gasteiger partial charge in [0, 0.05) is 10.9 Å². The van der Waals surface area contributed by atoms with Crippen LogP contribution < -0.4 is 9.64 Å². The van der Waals surface area contributed by atoms with Crippen LogP contribution in [0.2, 0.25) is 0 Å². The van der Waals surface area contributed by atoms with Gasteiger partial charge >= 0.3 is 0 Å². The highest BCUT2D eigenvalue weighted by atomic mass is 79.9. The van der Waals surface area contributed by atoms with Crippen molar-refractivity contribution in [3.8, 4) is 5.75 Å². The number of ketones is 1. The minimum Gasteiger partial charge on any atom is -0.482 e. The van der Waals surface area contributed by atoms with E-state index in [9.17, 15) is 9.59 Å².